The minimum atomic E-state index is -0.833. The topological polar surface area (TPSA) is 78.7 Å². The molecule has 1 amide bonds. The van der Waals surface area contributed by atoms with E-state index in [2.05, 4.69) is 21.4 Å². The van der Waals surface area contributed by atoms with Gasteiger partial charge in [0, 0.05) is 6.20 Å². The van der Waals surface area contributed by atoms with Crippen molar-refractivity contribution in [3.8, 4) is 6.07 Å². The number of nitrogens with one attached hydrogen (secondary N) is 1. The van der Waals surface area contributed by atoms with E-state index in [1.807, 2.05) is 6.92 Å². The molecule has 0 aromatic carbocycles. The third kappa shape index (κ3) is 3.08. The van der Waals surface area contributed by atoms with Crippen LogP contribution in [0.25, 0.3) is 0 Å². The summed E-state index contributed by atoms with van der Waals surface area (Å²) in [6, 6.07) is 3.99. The Morgan fingerprint density at radius 1 is 1.47 bits per heavy atom. The molecule has 0 atom stereocenters. The molecule has 5 nitrogen and oxygen atoms in total. The van der Waals surface area contributed by atoms with Crippen molar-refractivity contribution in [1.82, 2.24) is 15.3 Å². The third-order valence-electron chi connectivity index (χ3n) is 3.62. The summed E-state index contributed by atoms with van der Waals surface area (Å²) in [6.07, 6.45) is 6.02. The van der Waals surface area contributed by atoms with Crippen LogP contribution < -0.4 is 5.32 Å². The third-order valence-corrected chi connectivity index (χ3v) is 3.62. The van der Waals surface area contributed by atoms with E-state index < -0.39 is 5.41 Å². The van der Waals surface area contributed by atoms with Crippen LogP contribution in [-0.4, -0.2) is 15.9 Å². The molecule has 1 aliphatic rings. The largest absolute Gasteiger partial charge is 0.349 e. The summed E-state index contributed by atoms with van der Waals surface area (Å²) in [5.74, 6) is 0.519. The number of hydrogen-bond acceptors (Lipinski definition) is 4. The van der Waals surface area contributed by atoms with E-state index in [1.165, 1.54) is 0 Å². The summed E-state index contributed by atoms with van der Waals surface area (Å²) in [5.41, 5.74) is -0.0647. The lowest BCUT2D eigenvalue weighted by Gasteiger charge is -2.29. The number of rotatable bonds is 3. The molecule has 1 aromatic heterocycles. The second kappa shape index (κ2) is 5.79. The number of carbonyl (C=O) groups excluding carboxylic acids is 1. The van der Waals surface area contributed by atoms with Crippen LogP contribution in [0.4, 0.5) is 0 Å². The Hall–Kier alpha value is -1.96. The number of hydrogen-bond donors (Lipinski definition) is 1. The Balaban J connectivity index is 1.99. The molecule has 0 saturated heterocycles. The highest BCUT2D eigenvalue weighted by Crippen LogP contribution is 2.35. The number of nitriles is 1. The van der Waals surface area contributed by atoms with Crippen LogP contribution in [0, 0.1) is 23.7 Å². The van der Waals surface area contributed by atoms with Gasteiger partial charge >= 0.3 is 0 Å². The van der Waals surface area contributed by atoms with Gasteiger partial charge in [-0.1, -0.05) is 19.3 Å². The second-order valence-electron chi connectivity index (χ2n) is 5.03. The zero-order valence-corrected chi connectivity index (χ0v) is 11.1. The van der Waals surface area contributed by atoms with Gasteiger partial charge in [-0.15, -0.1) is 0 Å². The molecule has 0 unspecified atom stereocenters. The molecule has 1 N–H and O–H groups in total. The molecule has 2 rings (SSSR count). The van der Waals surface area contributed by atoms with Crippen LogP contribution in [0.2, 0.25) is 0 Å². The molecule has 1 heterocycles. The van der Waals surface area contributed by atoms with Crippen molar-refractivity contribution < 1.29 is 4.79 Å². The van der Waals surface area contributed by atoms with Crippen molar-refractivity contribution >= 4 is 5.91 Å². The van der Waals surface area contributed by atoms with Crippen LogP contribution in [-0.2, 0) is 11.3 Å². The predicted octanol–water partition coefficient (Wildman–Crippen LogP) is 1.88. The molecule has 0 spiro atoms. The van der Waals surface area contributed by atoms with Crippen LogP contribution in [0.1, 0.15) is 43.6 Å². The smallest absolute Gasteiger partial charge is 0.240 e. The van der Waals surface area contributed by atoms with E-state index in [1.54, 1.807) is 12.3 Å². The lowest BCUT2D eigenvalue weighted by Crippen LogP contribution is -2.41. The fourth-order valence-electron chi connectivity index (χ4n) is 2.49. The van der Waals surface area contributed by atoms with E-state index in [-0.39, 0.29) is 5.91 Å². The summed E-state index contributed by atoms with van der Waals surface area (Å²) < 4.78 is 0. The first-order valence-corrected chi connectivity index (χ1v) is 6.64. The molecule has 100 valence electrons. The molecule has 5 heteroatoms. The first-order valence-electron chi connectivity index (χ1n) is 6.64. The highest BCUT2D eigenvalue weighted by Gasteiger charge is 2.39. The Morgan fingerprint density at radius 3 is 2.84 bits per heavy atom. The van der Waals surface area contributed by atoms with E-state index in [4.69, 9.17) is 0 Å². The zero-order valence-electron chi connectivity index (χ0n) is 11.1. The lowest BCUT2D eigenvalue weighted by molar-refractivity contribution is -0.129. The summed E-state index contributed by atoms with van der Waals surface area (Å²) in [5, 5.41) is 12.2. The molecular formula is C14H18N4O. The van der Waals surface area contributed by atoms with E-state index in [0.717, 1.165) is 25.0 Å². The van der Waals surface area contributed by atoms with Crippen molar-refractivity contribution in [2.75, 3.05) is 0 Å². The molecule has 1 aliphatic carbocycles. The SMILES string of the molecule is Cc1nccc(CNC(=O)C2(C#N)CCCCC2)n1. The van der Waals surface area contributed by atoms with Crippen molar-refractivity contribution in [2.24, 2.45) is 5.41 Å². The van der Waals surface area contributed by atoms with Crippen molar-refractivity contribution in [3.63, 3.8) is 0 Å². The maximum atomic E-state index is 12.2. The van der Waals surface area contributed by atoms with Gasteiger partial charge in [0.25, 0.3) is 0 Å². The fourth-order valence-corrected chi connectivity index (χ4v) is 2.49. The predicted molar refractivity (Wildman–Crippen MR) is 69.7 cm³/mol. The van der Waals surface area contributed by atoms with Gasteiger partial charge in [0.1, 0.15) is 11.2 Å². The first-order chi connectivity index (χ1) is 9.16. The van der Waals surface area contributed by atoms with E-state index in [9.17, 15) is 10.1 Å². The molecule has 0 aliphatic heterocycles. The normalized spacial score (nSPS) is 17.5. The lowest BCUT2D eigenvalue weighted by atomic mass is 9.74. The van der Waals surface area contributed by atoms with Gasteiger partial charge in [-0.25, -0.2) is 9.97 Å². The Morgan fingerprint density at radius 2 is 2.21 bits per heavy atom. The minimum Gasteiger partial charge on any atom is -0.349 e. The number of nitrogens with zero attached hydrogens (tertiary/aromatic N) is 3. The van der Waals surface area contributed by atoms with Gasteiger partial charge in [0.2, 0.25) is 5.91 Å². The molecular weight excluding hydrogens is 240 g/mol. The zero-order chi connectivity index (χ0) is 13.7. The van der Waals surface area contributed by atoms with Gasteiger partial charge in [0.05, 0.1) is 18.3 Å². The second-order valence-corrected chi connectivity index (χ2v) is 5.03. The minimum absolute atomic E-state index is 0.161. The van der Waals surface area contributed by atoms with Crippen molar-refractivity contribution in [2.45, 2.75) is 45.6 Å². The van der Waals surface area contributed by atoms with Gasteiger partial charge < -0.3 is 5.32 Å². The Kier molecular flexibility index (Phi) is 4.10. The Labute approximate surface area is 113 Å². The number of amides is 1. The number of carbonyl (C=O) groups is 1. The van der Waals surface area contributed by atoms with Crippen LogP contribution >= 0.6 is 0 Å². The van der Waals surface area contributed by atoms with Gasteiger partial charge in [-0.3, -0.25) is 4.79 Å². The summed E-state index contributed by atoms with van der Waals surface area (Å²) in [7, 11) is 0. The van der Waals surface area contributed by atoms with Crippen LogP contribution in [0.15, 0.2) is 12.3 Å². The van der Waals surface area contributed by atoms with Crippen molar-refractivity contribution in [1.29, 1.82) is 5.26 Å². The van der Waals surface area contributed by atoms with Crippen LogP contribution in [0.3, 0.4) is 0 Å². The summed E-state index contributed by atoms with van der Waals surface area (Å²) >= 11 is 0. The molecule has 1 aromatic rings. The fraction of sp³-hybridized carbons (Fsp3) is 0.571. The average Bonchev–Trinajstić information content (AvgIpc) is 2.45. The number of aromatic nitrogens is 2. The van der Waals surface area contributed by atoms with Crippen molar-refractivity contribution in [3.05, 3.63) is 23.8 Å². The average molecular weight is 258 g/mol. The summed E-state index contributed by atoms with van der Waals surface area (Å²) in [6.45, 7) is 2.16. The van der Waals surface area contributed by atoms with Gasteiger partial charge in [-0.2, -0.15) is 5.26 Å². The molecule has 19 heavy (non-hydrogen) atoms. The first kappa shape index (κ1) is 13.5. The van der Waals surface area contributed by atoms with E-state index in [0.29, 0.717) is 25.2 Å². The molecule has 1 saturated carbocycles. The number of aryl methyl sites for hydroxylation is 1. The van der Waals surface area contributed by atoms with E-state index >= 15 is 0 Å². The van der Waals surface area contributed by atoms with Crippen LogP contribution in [0.5, 0.6) is 0 Å². The van der Waals surface area contributed by atoms with Gasteiger partial charge in [0.15, 0.2) is 0 Å². The monoisotopic (exact) mass is 258 g/mol. The summed E-state index contributed by atoms with van der Waals surface area (Å²) in [4.78, 5) is 20.5. The maximum Gasteiger partial charge on any atom is 0.240 e. The van der Waals surface area contributed by atoms with Gasteiger partial charge in [-0.05, 0) is 25.8 Å². The highest BCUT2D eigenvalue weighted by atomic mass is 16.2. The molecule has 0 bridgehead atoms. The maximum absolute atomic E-state index is 12.2. The standard InChI is InChI=1S/C14H18N4O/c1-11-16-8-5-12(18-11)9-17-13(19)14(10-15)6-3-2-4-7-14/h5,8H,2-4,6-7,9H2,1H3,(H,17,19). The molecule has 0 radical (unpaired) electrons. The quantitative estimate of drug-likeness (QED) is 0.897. The highest BCUT2D eigenvalue weighted by molar-refractivity contribution is 5.85. The molecule has 1 fully saturated rings. The Bertz CT molecular complexity index is 500.